The summed E-state index contributed by atoms with van der Waals surface area (Å²) in [4.78, 5) is 4.69. The molecule has 1 saturated carbocycles. The maximum atomic E-state index is 11.7. The highest BCUT2D eigenvalue weighted by Gasteiger charge is 2.41. The molecule has 3 nitrogen and oxygen atoms in total. The summed E-state index contributed by atoms with van der Waals surface area (Å²) in [7, 11) is -3.16. The van der Waals surface area contributed by atoms with E-state index in [1.54, 1.807) is 12.1 Å². The van der Waals surface area contributed by atoms with Crippen molar-refractivity contribution in [3.05, 3.63) is 59.9 Å². The van der Waals surface area contributed by atoms with E-state index in [0.29, 0.717) is 10.3 Å². The molecule has 0 N–H and O–H groups in total. The lowest BCUT2D eigenvalue weighted by molar-refractivity contribution is 0.330. The first-order chi connectivity index (χ1) is 12.0. The number of nitrogens with zero attached hydrogens (tertiary/aromatic N) is 1. The molecule has 1 aromatic carbocycles. The molecular weight excluding hydrogens is 330 g/mol. The summed E-state index contributed by atoms with van der Waals surface area (Å²) in [5.74, 6) is 0. The second-order valence-electron chi connectivity index (χ2n) is 7.56. The third kappa shape index (κ3) is 3.15. The Morgan fingerprint density at radius 1 is 0.920 bits per heavy atom. The average molecular weight is 353 g/mol. The van der Waals surface area contributed by atoms with Crippen LogP contribution in [0.25, 0.3) is 11.1 Å². The molecule has 1 aromatic heterocycles. The van der Waals surface area contributed by atoms with E-state index in [-0.39, 0.29) is 0 Å². The molecule has 1 spiro atoms. The van der Waals surface area contributed by atoms with Gasteiger partial charge in [0.1, 0.15) is 0 Å². The normalized spacial score (nSPS) is 19.7. The first-order valence-corrected chi connectivity index (χ1v) is 10.8. The molecule has 0 bridgehead atoms. The SMILES string of the molecule is CS(=O)(=O)c1ccc(C2=C(c3cccnc3)CC3(CCCC3)C2)cc1. The fraction of sp³-hybridized carbons (Fsp3) is 0.381. The van der Waals surface area contributed by atoms with Crippen LogP contribution in [0, 0.1) is 5.41 Å². The van der Waals surface area contributed by atoms with E-state index in [1.165, 1.54) is 48.6 Å². The lowest BCUT2D eigenvalue weighted by Gasteiger charge is -2.23. The van der Waals surface area contributed by atoms with Crippen LogP contribution in [0.15, 0.2) is 53.7 Å². The standard InChI is InChI=1S/C21H23NO2S/c1-25(23,24)18-8-6-16(7-9-18)19-13-21(10-2-3-11-21)14-20(19)17-5-4-12-22-15-17/h4-9,12,15H,2-3,10-11,13-14H2,1H3. The van der Waals surface area contributed by atoms with Crippen molar-refractivity contribution in [1.29, 1.82) is 0 Å². The third-order valence-electron chi connectivity index (χ3n) is 5.77. The molecule has 0 aliphatic heterocycles. The predicted octanol–water partition coefficient (Wildman–Crippen LogP) is 4.75. The van der Waals surface area contributed by atoms with Gasteiger partial charge in [0.2, 0.25) is 0 Å². The minimum absolute atomic E-state index is 0.383. The highest BCUT2D eigenvalue weighted by Crippen LogP contribution is 2.57. The van der Waals surface area contributed by atoms with Gasteiger partial charge in [-0.25, -0.2) is 8.42 Å². The van der Waals surface area contributed by atoms with E-state index in [0.717, 1.165) is 18.4 Å². The molecule has 0 atom stereocenters. The van der Waals surface area contributed by atoms with E-state index in [2.05, 4.69) is 11.1 Å². The zero-order valence-electron chi connectivity index (χ0n) is 14.5. The highest BCUT2D eigenvalue weighted by atomic mass is 32.2. The van der Waals surface area contributed by atoms with Gasteiger partial charge in [-0.2, -0.15) is 0 Å². The van der Waals surface area contributed by atoms with Crippen molar-refractivity contribution in [2.24, 2.45) is 5.41 Å². The summed E-state index contributed by atoms with van der Waals surface area (Å²) >= 11 is 0. The quantitative estimate of drug-likeness (QED) is 0.800. The molecule has 2 aliphatic carbocycles. The largest absolute Gasteiger partial charge is 0.264 e. The number of aromatic nitrogens is 1. The number of pyridine rings is 1. The Labute approximate surface area is 149 Å². The van der Waals surface area contributed by atoms with Crippen LogP contribution < -0.4 is 0 Å². The van der Waals surface area contributed by atoms with Gasteiger partial charge in [0.25, 0.3) is 0 Å². The van der Waals surface area contributed by atoms with Gasteiger partial charge in [0.05, 0.1) is 4.90 Å². The predicted molar refractivity (Wildman–Crippen MR) is 101 cm³/mol. The van der Waals surface area contributed by atoms with Crippen LogP contribution in [0.4, 0.5) is 0 Å². The summed E-state index contributed by atoms with van der Waals surface area (Å²) < 4.78 is 23.5. The summed E-state index contributed by atoms with van der Waals surface area (Å²) in [5, 5.41) is 0. The molecule has 2 aromatic rings. The van der Waals surface area contributed by atoms with Crippen LogP contribution in [-0.2, 0) is 9.84 Å². The smallest absolute Gasteiger partial charge is 0.175 e. The summed E-state index contributed by atoms with van der Waals surface area (Å²) in [6.45, 7) is 0. The zero-order valence-corrected chi connectivity index (χ0v) is 15.3. The van der Waals surface area contributed by atoms with Crippen molar-refractivity contribution in [2.75, 3.05) is 6.26 Å². The molecule has 0 radical (unpaired) electrons. The van der Waals surface area contributed by atoms with E-state index in [4.69, 9.17) is 0 Å². The van der Waals surface area contributed by atoms with Crippen LogP contribution in [-0.4, -0.2) is 19.7 Å². The Balaban J connectivity index is 1.77. The van der Waals surface area contributed by atoms with E-state index in [1.807, 2.05) is 30.6 Å². The van der Waals surface area contributed by atoms with Gasteiger partial charge in [-0.1, -0.05) is 31.0 Å². The lowest BCUT2D eigenvalue weighted by atomic mass is 9.81. The van der Waals surface area contributed by atoms with Crippen LogP contribution in [0.3, 0.4) is 0 Å². The number of hydrogen-bond acceptors (Lipinski definition) is 3. The molecule has 0 unspecified atom stereocenters. The molecule has 1 fully saturated rings. The number of allylic oxidation sites excluding steroid dienone is 2. The molecular formula is C21H23NO2S. The van der Waals surface area contributed by atoms with Gasteiger partial charge in [-0.15, -0.1) is 0 Å². The molecule has 2 aliphatic rings. The Bertz CT molecular complexity index is 906. The van der Waals surface area contributed by atoms with Crippen LogP contribution >= 0.6 is 0 Å². The first kappa shape index (κ1) is 16.5. The number of hydrogen-bond donors (Lipinski definition) is 0. The second kappa shape index (κ2) is 6.10. The fourth-order valence-electron chi connectivity index (χ4n) is 4.50. The van der Waals surface area contributed by atoms with Crippen molar-refractivity contribution in [3.63, 3.8) is 0 Å². The molecule has 25 heavy (non-hydrogen) atoms. The van der Waals surface area contributed by atoms with Crippen molar-refractivity contribution in [3.8, 4) is 0 Å². The summed E-state index contributed by atoms with van der Waals surface area (Å²) in [5.41, 5.74) is 5.51. The van der Waals surface area contributed by atoms with Gasteiger partial charge < -0.3 is 0 Å². The lowest BCUT2D eigenvalue weighted by Crippen LogP contribution is -2.11. The first-order valence-electron chi connectivity index (χ1n) is 8.90. The van der Waals surface area contributed by atoms with Crippen LogP contribution in [0.1, 0.15) is 49.7 Å². The topological polar surface area (TPSA) is 47.0 Å². The molecule has 4 heteroatoms. The minimum Gasteiger partial charge on any atom is -0.264 e. The Morgan fingerprint density at radius 3 is 2.12 bits per heavy atom. The van der Waals surface area contributed by atoms with E-state index < -0.39 is 9.84 Å². The van der Waals surface area contributed by atoms with Crippen LogP contribution in [0.2, 0.25) is 0 Å². The summed E-state index contributed by atoms with van der Waals surface area (Å²) in [6, 6.07) is 11.5. The van der Waals surface area contributed by atoms with Crippen molar-refractivity contribution >= 4 is 21.0 Å². The molecule has 0 saturated heterocycles. The van der Waals surface area contributed by atoms with Gasteiger partial charge in [0.15, 0.2) is 9.84 Å². The third-order valence-corrected chi connectivity index (χ3v) is 6.90. The zero-order chi connectivity index (χ0) is 17.5. The van der Waals surface area contributed by atoms with Crippen molar-refractivity contribution in [2.45, 2.75) is 43.4 Å². The Kier molecular flexibility index (Phi) is 4.03. The molecule has 130 valence electrons. The number of benzene rings is 1. The Morgan fingerprint density at radius 2 is 1.56 bits per heavy atom. The van der Waals surface area contributed by atoms with Crippen LogP contribution in [0.5, 0.6) is 0 Å². The maximum absolute atomic E-state index is 11.7. The highest BCUT2D eigenvalue weighted by molar-refractivity contribution is 7.90. The maximum Gasteiger partial charge on any atom is 0.175 e. The van der Waals surface area contributed by atoms with Crippen molar-refractivity contribution in [1.82, 2.24) is 4.98 Å². The van der Waals surface area contributed by atoms with E-state index in [9.17, 15) is 8.42 Å². The average Bonchev–Trinajstić information content (AvgIpc) is 3.23. The van der Waals surface area contributed by atoms with Gasteiger partial charge in [-0.05, 0) is 71.6 Å². The van der Waals surface area contributed by atoms with Gasteiger partial charge in [-0.3, -0.25) is 4.98 Å². The molecule has 0 amide bonds. The minimum atomic E-state index is -3.16. The number of sulfone groups is 1. The fourth-order valence-corrected chi connectivity index (χ4v) is 5.13. The monoisotopic (exact) mass is 353 g/mol. The molecule has 4 rings (SSSR count). The van der Waals surface area contributed by atoms with Crippen molar-refractivity contribution < 1.29 is 8.42 Å². The molecule has 1 heterocycles. The second-order valence-corrected chi connectivity index (χ2v) is 9.57. The van der Waals surface area contributed by atoms with E-state index >= 15 is 0 Å². The Hall–Kier alpha value is -1.94. The number of rotatable bonds is 3. The summed E-state index contributed by atoms with van der Waals surface area (Å²) in [6.07, 6.45) is 12.5. The van der Waals surface area contributed by atoms with Gasteiger partial charge >= 0.3 is 0 Å². The van der Waals surface area contributed by atoms with Gasteiger partial charge in [0, 0.05) is 18.6 Å².